The van der Waals surface area contributed by atoms with Crippen LogP contribution in [0.4, 0.5) is 8.78 Å². The van der Waals surface area contributed by atoms with Gasteiger partial charge in [-0.25, -0.2) is 17.2 Å². The van der Waals surface area contributed by atoms with Gasteiger partial charge in [-0.3, -0.25) is 0 Å². The van der Waals surface area contributed by atoms with Crippen molar-refractivity contribution in [3.8, 4) is 0 Å². The Morgan fingerprint density at radius 3 is 2.38 bits per heavy atom. The van der Waals surface area contributed by atoms with E-state index in [9.17, 15) is 17.2 Å². The quantitative estimate of drug-likeness (QED) is 0.704. The molecule has 0 N–H and O–H groups in total. The van der Waals surface area contributed by atoms with Gasteiger partial charge in [0.25, 0.3) is 0 Å². The lowest BCUT2D eigenvalue weighted by Crippen LogP contribution is -2.42. The van der Waals surface area contributed by atoms with E-state index in [2.05, 4.69) is 0 Å². The Morgan fingerprint density at radius 1 is 0.885 bits per heavy atom. The van der Waals surface area contributed by atoms with Crippen LogP contribution >= 0.6 is 0 Å². The minimum absolute atomic E-state index is 0.174. The second-order valence-electron chi connectivity index (χ2n) is 6.13. The van der Waals surface area contributed by atoms with Crippen molar-refractivity contribution in [2.45, 2.75) is 17.5 Å². The monoisotopic (exact) mass is 374 g/mol. The zero-order valence-electron chi connectivity index (χ0n) is 13.7. The summed E-state index contributed by atoms with van der Waals surface area (Å²) in [6.45, 7) is 0.733. The van der Waals surface area contributed by atoms with E-state index in [1.807, 2.05) is 16.8 Å². The highest BCUT2D eigenvalue weighted by Crippen LogP contribution is 2.36. The predicted octanol–water partition coefficient (Wildman–Crippen LogP) is 3.56. The first-order valence-corrected chi connectivity index (χ1v) is 9.59. The Labute approximate surface area is 150 Å². The van der Waals surface area contributed by atoms with Crippen molar-refractivity contribution in [1.29, 1.82) is 0 Å². The van der Waals surface area contributed by atoms with Gasteiger partial charge >= 0.3 is 0 Å². The third kappa shape index (κ3) is 2.73. The number of nitrogens with zero attached hydrogens (tertiary/aromatic N) is 2. The smallest absolute Gasteiger partial charge is 0.244 e. The minimum Gasteiger partial charge on any atom is -0.348 e. The molecule has 0 saturated carbocycles. The molecule has 0 radical (unpaired) electrons. The number of fused-ring (bicyclic) bond motifs is 1. The summed E-state index contributed by atoms with van der Waals surface area (Å²) in [7, 11) is -3.80. The normalized spacial score (nSPS) is 17.8. The van der Waals surface area contributed by atoms with Crippen molar-refractivity contribution in [2.75, 3.05) is 6.54 Å². The van der Waals surface area contributed by atoms with Crippen LogP contribution in [0, 0.1) is 11.6 Å². The molecule has 0 unspecified atom stereocenters. The maximum absolute atomic E-state index is 13.8. The van der Waals surface area contributed by atoms with E-state index in [4.69, 9.17) is 0 Å². The van der Waals surface area contributed by atoms with Crippen LogP contribution in [-0.2, 0) is 16.6 Å². The van der Waals surface area contributed by atoms with E-state index in [1.54, 1.807) is 24.3 Å². The number of hydrogen-bond acceptors (Lipinski definition) is 2. The molecule has 0 spiro atoms. The summed E-state index contributed by atoms with van der Waals surface area (Å²) < 4.78 is 56.9. The molecule has 0 aliphatic carbocycles. The third-order valence-corrected chi connectivity index (χ3v) is 6.48. The van der Waals surface area contributed by atoms with Crippen LogP contribution in [0.1, 0.15) is 17.3 Å². The average molecular weight is 374 g/mol. The van der Waals surface area contributed by atoms with Crippen molar-refractivity contribution in [1.82, 2.24) is 8.87 Å². The van der Waals surface area contributed by atoms with Gasteiger partial charge in [-0.2, -0.15) is 4.31 Å². The van der Waals surface area contributed by atoms with E-state index >= 15 is 0 Å². The second-order valence-corrected chi connectivity index (χ2v) is 8.02. The first-order valence-electron chi connectivity index (χ1n) is 8.15. The molecular weight excluding hydrogens is 358 g/mol. The molecule has 2 heterocycles. The van der Waals surface area contributed by atoms with Gasteiger partial charge < -0.3 is 4.57 Å². The standard InChI is InChI=1S/C19H16F2N2O2S/c20-16-9-8-14(13-17(16)21)19-18-7-4-10-22(18)11-12-23(19)26(24,25)15-5-2-1-3-6-15/h1-10,13,19H,11-12H2/t19-/m1/s1. The first kappa shape index (κ1) is 16.9. The molecule has 4 nitrogen and oxygen atoms in total. The van der Waals surface area contributed by atoms with Crippen LogP contribution in [0.15, 0.2) is 71.8 Å². The van der Waals surface area contributed by atoms with E-state index < -0.39 is 27.7 Å². The molecular formula is C19H16F2N2O2S. The topological polar surface area (TPSA) is 42.3 Å². The summed E-state index contributed by atoms with van der Waals surface area (Å²) in [5.41, 5.74) is 1.12. The van der Waals surface area contributed by atoms with Gasteiger partial charge in [0.15, 0.2) is 11.6 Å². The zero-order chi connectivity index (χ0) is 18.3. The van der Waals surface area contributed by atoms with E-state index in [0.717, 1.165) is 17.8 Å². The van der Waals surface area contributed by atoms with Crippen molar-refractivity contribution in [3.05, 3.63) is 89.8 Å². The van der Waals surface area contributed by atoms with E-state index in [1.165, 1.54) is 22.5 Å². The lowest BCUT2D eigenvalue weighted by Gasteiger charge is -2.36. The fourth-order valence-corrected chi connectivity index (χ4v) is 4.97. The number of rotatable bonds is 3. The van der Waals surface area contributed by atoms with E-state index in [-0.39, 0.29) is 11.4 Å². The molecule has 0 fully saturated rings. The molecule has 4 rings (SSSR count). The lowest BCUT2D eigenvalue weighted by molar-refractivity contribution is 0.297. The summed E-state index contributed by atoms with van der Waals surface area (Å²) in [5, 5.41) is 0. The maximum atomic E-state index is 13.8. The molecule has 134 valence electrons. The molecule has 1 aliphatic rings. The summed E-state index contributed by atoms with van der Waals surface area (Å²) in [6.07, 6.45) is 1.86. The predicted molar refractivity (Wildman–Crippen MR) is 93.0 cm³/mol. The van der Waals surface area contributed by atoms with Crippen LogP contribution in [0.25, 0.3) is 0 Å². The number of sulfonamides is 1. The molecule has 7 heteroatoms. The van der Waals surface area contributed by atoms with Crippen LogP contribution in [0.5, 0.6) is 0 Å². The highest BCUT2D eigenvalue weighted by Gasteiger charge is 2.37. The van der Waals surface area contributed by atoms with Crippen molar-refractivity contribution in [3.63, 3.8) is 0 Å². The third-order valence-electron chi connectivity index (χ3n) is 4.60. The molecule has 0 saturated heterocycles. The van der Waals surface area contributed by atoms with Gasteiger partial charge in [-0.15, -0.1) is 0 Å². The molecule has 0 amide bonds. The second kappa shape index (κ2) is 6.34. The fourth-order valence-electron chi connectivity index (χ4n) is 3.37. The van der Waals surface area contributed by atoms with Crippen molar-refractivity contribution < 1.29 is 17.2 Å². The van der Waals surface area contributed by atoms with Gasteiger partial charge in [0, 0.05) is 25.0 Å². The molecule has 26 heavy (non-hydrogen) atoms. The molecule has 1 aliphatic heterocycles. The van der Waals surface area contributed by atoms with Gasteiger partial charge in [0.1, 0.15) is 0 Å². The Kier molecular flexibility index (Phi) is 4.13. The largest absolute Gasteiger partial charge is 0.348 e. The molecule has 0 bridgehead atoms. The van der Waals surface area contributed by atoms with Crippen LogP contribution in [0.3, 0.4) is 0 Å². The number of halogens is 2. The van der Waals surface area contributed by atoms with Gasteiger partial charge in [-0.05, 0) is 42.0 Å². The Balaban J connectivity index is 1.87. The molecule has 3 aromatic rings. The zero-order valence-corrected chi connectivity index (χ0v) is 14.5. The Bertz CT molecular complexity index is 1050. The Morgan fingerprint density at radius 2 is 1.65 bits per heavy atom. The maximum Gasteiger partial charge on any atom is 0.244 e. The summed E-state index contributed by atoms with van der Waals surface area (Å²) in [4.78, 5) is 0.174. The minimum atomic E-state index is -3.80. The van der Waals surface area contributed by atoms with Crippen molar-refractivity contribution >= 4 is 10.0 Å². The van der Waals surface area contributed by atoms with E-state index in [0.29, 0.717) is 12.1 Å². The summed E-state index contributed by atoms with van der Waals surface area (Å²) >= 11 is 0. The number of hydrogen-bond donors (Lipinski definition) is 0. The Hall–Kier alpha value is -2.51. The summed E-state index contributed by atoms with van der Waals surface area (Å²) in [6, 6.07) is 14.6. The first-order chi connectivity index (χ1) is 12.5. The molecule has 1 aromatic heterocycles. The van der Waals surface area contributed by atoms with Crippen LogP contribution in [0.2, 0.25) is 0 Å². The molecule has 2 aromatic carbocycles. The van der Waals surface area contributed by atoms with Crippen LogP contribution in [-0.4, -0.2) is 23.8 Å². The fraction of sp³-hybridized carbons (Fsp3) is 0.158. The van der Waals surface area contributed by atoms with Crippen molar-refractivity contribution in [2.24, 2.45) is 0 Å². The average Bonchev–Trinajstić information content (AvgIpc) is 3.13. The van der Waals surface area contributed by atoms with Crippen LogP contribution < -0.4 is 0 Å². The van der Waals surface area contributed by atoms with Gasteiger partial charge in [0.05, 0.1) is 10.9 Å². The lowest BCUT2D eigenvalue weighted by atomic mass is 10.0. The van der Waals surface area contributed by atoms with Gasteiger partial charge in [-0.1, -0.05) is 24.3 Å². The number of benzene rings is 2. The summed E-state index contributed by atoms with van der Waals surface area (Å²) in [5.74, 6) is -1.96. The highest BCUT2D eigenvalue weighted by atomic mass is 32.2. The highest BCUT2D eigenvalue weighted by molar-refractivity contribution is 7.89. The van der Waals surface area contributed by atoms with Gasteiger partial charge in [0.2, 0.25) is 10.0 Å². The SMILES string of the molecule is O=S(=O)(c1ccccc1)N1CCn2cccc2[C@H]1c1ccc(F)c(F)c1. The number of aromatic nitrogens is 1. The molecule has 1 atom stereocenters.